The summed E-state index contributed by atoms with van der Waals surface area (Å²) in [6.07, 6.45) is 1.40. The summed E-state index contributed by atoms with van der Waals surface area (Å²) in [7, 11) is 0. The average molecular weight is 360 g/mol. The topological polar surface area (TPSA) is 49.4 Å². The lowest BCUT2D eigenvalue weighted by Gasteiger charge is -2.18. The molecule has 0 saturated heterocycles. The third-order valence-corrected chi connectivity index (χ3v) is 4.17. The van der Waals surface area contributed by atoms with Crippen LogP contribution in [-0.4, -0.2) is 29.8 Å². The minimum atomic E-state index is -0.334. The summed E-state index contributed by atoms with van der Waals surface area (Å²) in [6.45, 7) is 8.19. The molecule has 0 unspecified atom stereocenters. The second-order valence-electron chi connectivity index (χ2n) is 6.20. The lowest BCUT2D eigenvalue weighted by Crippen LogP contribution is -2.34. The van der Waals surface area contributed by atoms with Gasteiger partial charge in [0.15, 0.2) is 0 Å². The molecule has 0 saturated carbocycles. The zero-order chi connectivity index (χ0) is 19.6. The van der Waals surface area contributed by atoms with E-state index in [1.165, 1.54) is 4.90 Å². The van der Waals surface area contributed by atoms with Crippen molar-refractivity contribution >= 4 is 17.5 Å². The molecule has 0 radical (unpaired) electrons. The molecular weight excluding hydrogens is 336 g/mol. The van der Waals surface area contributed by atoms with Gasteiger partial charge in [0.1, 0.15) is 6.42 Å². The van der Waals surface area contributed by atoms with Crippen molar-refractivity contribution in [3.8, 4) is 11.8 Å². The first-order valence-electron chi connectivity index (χ1n) is 8.80. The molecule has 2 amide bonds. The third kappa shape index (κ3) is 6.16. The van der Waals surface area contributed by atoms with Crippen LogP contribution >= 0.6 is 0 Å². The lowest BCUT2D eigenvalue weighted by molar-refractivity contribution is -0.133. The molecule has 4 heteroatoms. The molecule has 0 bridgehead atoms. The Morgan fingerprint density at radius 3 is 2.56 bits per heavy atom. The predicted molar refractivity (Wildman–Crippen MR) is 109 cm³/mol. The van der Waals surface area contributed by atoms with E-state index in [9.17, 15) is 9.59 Å². The van der Waals surface area contributed by atoms with Gasteiger partial charge in [-0.3, -0.25) is 9.59 Å². The Kier molecular flexibility index (Phi) is 7.39. The maximum Gasteiger partial charge on any atom is 0.233 e. The van der Waals surface area contributed by atoms with Crippen LogP contribution in [0.2, 0.25) is 0 Å². The number of benzene rings is 2. The van der Waals surface area contributed by atoms with Crippen molar-refractivity contribution in [3.63, 3.8) is 0 Å². The Bertz CT molecular complexity index is 876. The first kappa shape index (κ1) is 20.0. The largest absolute Gasteiger partial charge is 0.327 e. The smallest absolute Gasteiger partial charge is 0.233 e. The van der Waals surface area contributed by atoms with E-state index in [4.69, 9.17) is 0 Å². The molecule has 0 aliphatic carbocycles. The molecule has 0 aliphatic rings. The molecule has 4 nitrogen and oxygen atoms in total. The first-order valence-corrected chi connectivity index (χ1v) is 8.80. The molecule has 2 aromatic rings. The minimum Gasteiger partial charge on any atom is -0.327 e. The van der Waals surface area contributed by atoms with Gasteiger partial charge in [0.25, 0.3) is 0 Å². The Morgan fingerprint density at radius 2 is 1.85 bits per heavy atom. The standard InChI is InChI=1S/C23H24N2O2/c1-4-15-25(16-9-13-20-11-6-5-7-12-20)23(27)17-22(26)24-21-14-8-10-18(2)19(21)3/h4-8,10-12,14H,1,15-17H2,2-3H3,(H,24,26). The van der Waals surface area contributed by atoms with E-state index in [1.54, 1.807) is 6.08 Å². The van der Waals surface area contributed by atoms with Crippen LogP contribution in [0.5, 0.6) is 0 Å². The summed E-state index contributed by atoms with van der Waals surface area (Å²) in [6, 6.07) is 15.2. The van der Waals surface area contributed by atoms with Crippen LogP contribution in [0, 0.1) is 25.7 Å². The Morgan fingerprint density at radius 1 is 1.11 bits per heavy atom. The van der Waals surface area contributed by atoms with Gasteiger partial charge in [-0.2, -0.15) is 0 Å². The zero-order valence-corrected chi connectivity index (χ0v) is 15.8. The van der Waals surface area contributed by atoms with Crippen LogP contribution in [-0.2, 0) is 9.59 Å². The van der Waals surface area contributed by atoms with Crippen molar-refractivity contribution in [1.29, 1.82) is 0 Å². The Labute approximate surface area is 160 Å². The highest BCUT2D eigenvalue weighted by Gasteiger charge is 2.16. The maximum atomic E-state index is 12.5. The number of aryl methyl sites for hydroxylation is 1. The normalized spacial score (nSPS) is 9.70. The summed E-state index contributed by atoms with van der Waals surface area (Å²) >= 11 is 0. The molecule has 27 heavy (non-hydrogen) atoms. The van der Waals surface area contributed by atoms with Gasteiger partial charge < -0.3 is 10.2 Å². The fourth-order valence-electron chi connectivity index (χ4n) is 2.50. The molecular formula is C23H24N2O2. The Balaban J connectivity index is 1.97. The highest BCUT2D eigenvalue weighted by Crippen LogP contribution is 2.18. The van der Waals surface area contributed by atoms with Crippen molar-refractivity contribution in [2.24, 2.45) is 0 Å². The van der Waals surface area contributed by atoms with Gasteiger partial charge in [-0.25, -0.2) is 0 Å². The highest BCUT2D eigenvalue weighted by molar-refractivity contribution is 6.04. The van der Waals surface area contributed by atoms with Crippen molar-refractivity contribution in [1.82, 2.24) is 4.90 Å². The number of hydrogen-bond acceptors (Lipinski definition) is 2. The van der Waals surface area contributed by atoms with Gasteiger partial charge in [-0.1, -0.05) is 48.2 Å². The van der Waals surface area contributed by atoms with Crippen LogP contribution in [0.15, 0.2) is 61.2 Å². The molecule has 0 fully saturated rings. The van der Waals surface area contributed by atoms with Crippen LogP contribution in [0.25, 0.3) is 0 Å². The van der Waals surface area contributed by atoms with E-state index in [-0.39, 0.29) is 24.8 Å². The van der Waals surface area contributed by atoms with Gasteiger partial charge in [0.2, 0.25) is 11.8 Å². The summed E-state index contributed by atoms with van der Waals surface area (Å²) in [4.78, 5) is 26.3. The second kappa shape index (κ2) is 9.98. The number of carbonyl (C=O) groups excluding carboxylic acids is 2. The van der Waals surface area contributed by atoms with Crippen LogP contribution < -0.4 is 5.32 Å². The van der Waals surface area contributed by atoms with E-state index in [0.717, 1.165) is 22.4 Å². The average Bonchev–Trinajstić information content (AvgIpc) is 2.65. The maximum absolute atomic E-state index is 12.5. The van der Waals surface area contributed by atoms with Gasteiger partial charge in [-0.05, 0) is 43.2 Å². The summed E-state index contributed by atoms with van der Waals surface area (Å²) in [5.74, 6) is 5.39. The SMILES string of the molecule is C=CCN(CC#Cc1ccccc1)C(=O)CC(=O)Nc1cccc(C)c1C. The number of amides is 2. The quantitative estimate of drug-likeness (QED) is 0.485. The summed E-state index contributed by atoms with van der Waals surface area (Å²) in [5.41, 5.74) is 3.70. The van der Waals surface area contributed by atoms with Crippen molar-refractivity contribution in [3.05, 3.63) is 77.9 Å². The van der Waals surface area contributed by atoms with E-state index in [1.807, 2.05) is 62.4 Å². The van der Waals surface area contributed by atoms with Gasteiger partial charge in [-0.15, -0.1) is 6.58 Å². The predicted octanol–water partition coefficient (Wildman–Crippen LogP) is 3.70. The number of nitrogens with zero attached hydrogens (tertiary/aromatic N) is 1. The molecule has 138 valence electrons. The van der Waals surface area contributed by atoms with E-state index < -0.39 is 0 Å². The van der Waals surface area contributed by atoms with Crippen LogP contribution in [0.1, 0.15) is 23.1 Å². The molecule has 1 N–H and O–H groups in total. The van der Waals surface area contributed by atoms with Crippen molar-refractivity contribution < 1.29 is 9.59 Å². The van der Waals surface area contributed by atoms with Crippen LogP contribution in [0.3, 0.4) is 0 Å². The number of hydrogen-bond donors (Lipinski definition) is 1. The lowest BCUT2D eigenvalue weighted by atomic mass is 10.1. The van der Waals surface area contributed by atoms with Gasteiger partial charge >= 0.3 is 0 Å². The van der Waals surface area contributed by atoms with Gasteiger partial charge in [0.05, 0.1) is 6.54 Å². The molecule has 2 aromatic carbocycles. The Hall–Kier alpha value is -3.32. The number of carbonyl (C=O) groups is 2. The van der Waals surface area contributed by atoms with Crippen LogP contribution in [0.4, 0.5) is 5.69 Å². The van der Waals surface area contributed by atoms with E-state index in [0.29, 0.717) is 6.54 Å². The fourth-order valence-corrected chi connectivity index (χ4v) is 2.50. The molecule has 0 aromatic heterocycles. The third-order valence-electron chi connectivity index (χ3n) is 4.17. The molecule has 0 spiro atoms. The monoisotopic (exact) mass is 360 g/mol. The molecule has 0 aliphatic heterocycles. The number of anilines is 1. The fraction of sp³-hybridized carbons (Fsp3) is 0.217. The minimum absolute atomic E-state index is 0.228. The number of nitrogens with one attached hydrogen (secondary N) is 1. The van der Waals surface area contributed by atoms with E-state index >= 15 is 0 Å². The van der Waals surface area contributed by atoms with Crippen molar-refractivity contribution in [2.75, 3.05) is 18.4 Å². The van der Waals surface area contributed by atoms with Gasteiger partial charge in [0, 0.05) is 17.8 Å². The molecule has 2 rings (SSSR count). The van der Waals surface area contributed by atoms with Crippen molar-refractivity contribution in [2.45, 2.75) is 20.3 Å². The molecule has 0 heterocycles. The molecule has 0 atom stereocenters. The van der Waals surface area contributed by atoms with E-state index in [2.05, 4.69) is 23.7 Å². The highest BCUT2D eigenvalue weighted by atomic mass is 16.2. The second-order valence-corrected chi connectivity index (χ2v) is 6.20. The zero-order valence-electron chi connectivity index (χ0n) is 15.8. The summed E-state index contributed by atoms with van der Waals surface area (Å²) < 4.78 is 0. The summed E-state index contributed by atoms with van der Waals surface area (Å²) in [5, 5.41) is 2.81. The number of rotatable bonds is 6. The first-order chi connectivity index (χ1) is 13.0.